The van der Waals surface area contributed by atoms with Crippen LogP contribution >= 0.6 is 11.6 Å². The SMILES string of the molecule is ClCCOCCn1nnc(-c2ccccc2)n1. The molecule has 1 aromatic heterocycles. The molecule has 0 fully saturated rings. The fourth-order valence-electron chi connectivity index (χ4n) is 1.34. The van der Waals surface area contributed by atoms with Gasteiger partial charge in [0.25, 0.3) is 0 Å². The highest BCUT2D eigenvalue weighted by molar-refractivity contribution is 6.17. The van der Waals surface area contributed by atoms with Gasteiger partial charge >= 0.3 is 0 Å². The zero-order valence-electron chi connectivity index (χ0n) is 9.29. The molecule has 1 aromatic carbocycles. The smallest absolute Gasteiger partial charge is 0.204 e. The minimum Gasteiger partial charge on any atom is -0.378 e. The maximum absolute atomic E-state index is 5.49. The van der Waals surface area contributed by atoms with Crippen molar-refractivity contribution in [2.24, 2.45) is 0 Å². The Kier molecular flexibility index (Phi) is 4.46. The molecular weight excluding hydrogens is 240 g/mol. The predicted octanol–water partition coefficient (Wildman–Crippen LogP) is 1.60. The Hall–Kier alpha value is -1.46. The van der Waals surface area contributed by atoms with E-state index in [2.05, 4.69) is 15.4 Å². The normalized spacial score (nSPS) is 10.6. The molecule has 0 saturated carbocycles. The lowest BCUT2D eigenvalue weighted by Gasteiger charge is -1.99. The van der Waals surface area contributed by atoms with Gasteiger partial charge in [0, 0.05) is 11.4 Å². The van der Waals surface area contributed by atoms with Crippen molar-refractivity contribution in [2.45, 2.75) is 6.54 Å². The fraction of sp³-hybridized carbons (Fsp3) is 0.364. The number of tetrazole rings is 1. The predicted molar refractivity (Wildman–Crippen MR) is 64.8 cm³/mol. The van der Waals surface area contributed by atoms with Gasteiger partial charge < -0.3 is 4.74 Å². The first-order chi connectivity index (χ1) is 8.40. The van der Waals surface area contributed by atoms with E-state index in [0.29, 0.717) is 31.5 Å². The average Bonchev–Trinajstić information content (AvgIpc) is 2.85. The third-order valence-corrected chi connectivity index (χ3v) is 2.30. The van der Waals surface area contributed by atoms with Crippen molar-refractivity contribution in [1.82, 2.24) is 20.2 Å². The van der Waals surface area contributed by atoms with E-state index in [1.807, 2.05) is 30.3 Å². The molecule has 2 rings (SSSR count). The summed E-state index contributed by atoms with van der Waals surface area (Å²) in [5.74, 6) is 1.13. The molecule has 17 heavy (non-hydrogen) atoms. The maximum atomic E-state index is 5.49. The zero-order valence-corrected chi connectivity index (χ0v) is 10.0. The highest BCUT2D eigenvalue weighted by Crippen LogP contribution is 2.11. The number of halogens is 1. The van der Waals surface area contributed by atoms with E-state index in [0.717, 1.165) is 5.56 Å². The van der Waals surface area contributed by atoms with Crippen LogP contribution in [-0.4, -0.2) is 39.3 Å². The lowest BCUT2D eigenvalue weighted by atomic mass is 10.2. The molecule has 2 aromatic rings. The van der Waals surface area contributed by atoms with E-state index >= 15 is 0 Å². The van der Waals surface area contributed by atoms with Crippen LogP contribution in [0.15, 0.2) is 30.3 Å². The first-order valence-electron chi connectivity index (χ1n) is 5.37. The lowest BCUT2D eigenvalue weighted by molar-refractivity contribution is 0.134. The van der Waals surface area contributed by atoms with Gasteiger partial charge in [-0.15, -0.1) is 21.8 Å². The summed E-state index contributed by atoms with van der Waals surface area (Å²) in [4.78, 5) is 1.52. The fourth-order valence-corrected chi connectivity index (χ4v) is 1.45. The third-order valence-electron chi connectivity index (χ3n) is 2.14. The molecule has 1 heterocycles. The van der Waals surface area contributed by atoms with E-state index in [1.165, 1.54) is 4.80 Å². The van der Waals surface area contributed by atoms with Crippen LogP contribution in [0, 0.1) is 0 Å². The molecule has 0 aliphatic heterocycles. The number of aromatic nitrogens is 4. The van der Waals surface area contributed by atoms with Gasteiger partial charge in [-0.05, 0) is 5.21 Å². The quantitative estimate of drug-likeness (QED) is 0.579. The van der Waals surface area contributed by atoms with Crippen molar-refractivity contribution in [1.29, 1.82) is 0 Å². The molecule has 0 saturated heterocycles. The number of hydrogen-bond donors (Lipinski definition) is 0. The summed E-state index contributed by atoms with van der Waals surface area (Å²) in [6.45, 7) is 1.66. The molecule has 0 aliphatic rings. The van der Waals surface area contributed by atoms with Crippen molar-refractivity contribution >= 4 is 11.6 Å². The number of nitrogens with zero attached hydrogens (tertiary/aromatic N) is 4. The van der Waals surface area contributed by atoms with Crippen LogP contribution in [0.3, 0.4) is 0 Å². The second kappa shape index (κ2) is 6.32. The van der Waals surface area contributed by atoms with Crippen LogP contribution in [0.4, 0.5) is 0 Å². The molecule has 0 amide bonds. The third kappa shape index (κ3) is 3.51. The number of hydrogen-bond acceptors (Lipinski definition) is 4. The molecule has 0 bridgehead atoms. The van der Waals surface area contributed by atoms with Gasteiger partial charge in [0.1, 0.15) is 0 Å². The standard InChI is InChI=1S/C11H13ClN4O/c12-6-8-17-9-7-16-14-11(13-15-16)10-4-2-1-3-5-10/h1-5H,6-9H2. The van der Waals surface area contributed by atoms with E-state index in [-0.39, 0.29) is 0 Å². The van der Waals surface area contributed by atoms with Crippen molar-refractivity contribution in [2.75, 3.05) is 19.1 Å². The first-order valence-corrected chi connectivity index (χ1v) is 5.90. The molecule has 0 radical (unpaired) electrons. The highest BCUT2D eigenvalue weighted by atomic mass is 35.5. The Morgan fingerprint density at radius 3 is 2.76 bits per heavy atom. The molecule has 0 atom stereocenters. The largest absolute Gasteiger partial charge is 0.378 e. The Labute approximate surface area is 104 Å². The minimum absolute atomic E-state index is 0.500. The van der Waals surface area contributed by atoms with Crippen molar-refractivity contribution in [3.8, 4) is 11.4 Å². The van der Waals surface area contributed by atoms with Gasteiger partial charge in [-0.25, -0.2) is 0 Å². The second-order valence-corrected chi connectivity index (χ2v) is 3.75. The Bertz CT molecular complexity index is 446. The summed E-state index contributed by atoms with van der Waals surface area (Å²) in [5, 5.41) is 12.2. The van der Waals surface area contributed by atoms with Crippen LogP contribution in [0.25, 0.3) is 11.4 Å². The molecule has 0 aliphatic carbocycles. The number of benzene rings is 1. The summed E-state index contributed by atoms with van der Waals surface area (Å²) in [6, 6.07) is 9.74. The highest BCUT2D eigenvalue weighted by Gasteiger charge is 2.04. The van der Waals surface area contributed by atoms with Crippen LogP contribution in [0.1, 0.15) is 0 Å². The van der Waals surface area contributed by atoms with Crippen LogP contribution in [0.5, 0.6) is 0 Å². The molecule has 90 valence electrons. The first kappa shape index (κ1) is 12.0. The molecule has 5 nitrogen and oxygen atoms in total. The Morgan fingerprint density at radius 1 is 1.18 bits per heavy atom. The molecule has 0 unspecified atom stereocenters. The van der Waals surface area contributed by atoms with Crippen molar-refractivity contribution in [3.63, 3.8) is 0 Å². The van der Waals surface area contributed by atoms with Crippen LogP contribution in [-0.2, 0) is 11.3 Å². The Balaban J connectivity index is 1.92. The lowest BCUT2D eigenvalue weighted by Crippen LogP contribution is -2.10. The van der Waals surface area contributed by atoms with Gasteiger partial charge in [0.15, 0.2) is 0 Å². The Morgan fingerprint density at radius 2 is 2.00 bits per heavy atom. The molecule has 0 spiro atoms. The zero-order chi connectivity index (χ0) is 11.9. The molecule has 0 N–H and O–H groups in total. The summed E-state index contributed by atoms with van der Waals surface area (Å²) in [6.07, 6.45) is 0. The second-order valence-electron chi connectivity index (χ2n) is 3.38. The summed E-state index contributed by atoms with van der Waals surface area (Å²) >= 11 is 5.49. The van der Waals surface area contributed by atoms with Gasteiger partial charge in [-0.2, -0.15) is 4.80 Å². The van der Waals surface area contributed by atoms with E-state index in [9.17, 15) is 0 Å². The summed E-state index contributed by atoms with van der Waals surface area (Å²) in [5.41, 5.74) is 0.959. The van der Waals surface area contributed by atoms with Crippen LogP contribution in [0.2, 0.25) is 0 Å². The molecule has 6 heteroatoms. The van der Waals surface area contributed by atoms with E-state index < -0.39 is 0 Å². The van der Waals surface area contributed by atoms with Gasteiger partial charge in [-0.3, -0.25) is 0 Å². The van der Waals surface area contributed by atoms with Crippen molar-refractivity contribution < 1.29 is 4.74 Å². The molecular formula is C11H13ClN4O. The van der Waals surface area contributed by atoms with E-state index in [1.54, 1.807) is 0 Å². The minimum atomic E-state index is 0.500. The van der Waals surface area contributed by atoms with Gasteiger partial charge in [0.2, 0.25) is 5.82 Å². The van der Waals surface area contributed by atoms with Gasteiger partial charge in [0.05, 0.1) is 19.8 Å². The maximum Gasteiger partial charge on any atom is 0.204 e. The van der Waals surface area contributed by atoms with Crippen molar-refractivity contribution in [3.05, 3.63) is 30.3 Å². The summed E-state index contributed by atoms with van der Waals surface area (Å²) in [7, 11) is 0. The van der Waals surface area contributed by atoms with Gasteiger partial charge in [-0.1, -0.05) is 30.3 Å². The van der Waals surface area contributed by atoms with E-state index in [4.69, 9.17) is 16.3 Å². The number of ether oxygens (including phenoxy) is 1. The summed E-state index contributed by atoms with van der Waals surface area (Å²) < 4.78 is 5.24. The number of alkyl halides is 1. The topological polar surface area (TPSA) is 52.8 Å². The van der Waals surface area contributed by atoms with Crippen LogP contribution < -0.4 is 0 Å². The monoisotopic (exact) mass is 252 g/mol. The number of rotatable bonds is 6. The average molecular weight is 253 g/mol.